The molecule has 0 aliphatic rings. The van der Waals surface area contributed by atoms with Crippen LogP contribution in [0.25, 0.3) is 0 Å². The highest BCUT2D eigenvalue weighted by Gasteiger charge is 2.02. The molecule has 0 amide bonds. The molecule has 0 saturated carbocycles. The molecule has 2 aromatic heterocycles. The fourth-order valence-corrected chi connectivity index (χ4v) is 1.70. The second-order valence-corrected chi connectivity index (χ2v) is 4.31. The van der Waals surface area contributed by atoms with Crippen molar-refractivity contribution in [1.82, 2.24) is 25.4 Å². The van der Waals surface area contributed by atoms with Crippen LogP contribution in [-0.4, -0.2) is 33.8 Å². The molecule has 0 aliphatic carbocycles. The van der Waals surface area contributed by atoms with Crippen LogP contribution < -0.4 is 10.6 Å². The summed E-state index contributed by atoms with van der Waals surface area (Å²) in [5, 5.41) is 14.3. The van der Waals surface area contributed by atoms with E-state index in [0.29, 0.717) is 6.54 Å². The van der Waals surface area contributed by atoms with Crippen LogP contribution in [0.3, 0.4) is 0 Å². The van der Waals surface area contributed by atoms with Crippen LogP contribution in [0, 0.1) is 0 Å². The third kappa shape index (κ3) is 4.11. The number of nitrogens with one attached hydrogen (secondary N) is 2. The summed E-state index contributed by atoms with van der Waals surface area (Å²) in [7, 11) is 1.90. The van der Waals surface area contributed by atoms with Gasteiger partial charge >= 0.3 is 0 Å². The topological polar surface area (TPSA) is 80.3 Å². The van der Waals surface area contributed by atoms with Crippen LogP contribution in [0.2, 0.25) is 0 Å². The number of nitrogens with zero attached hydrogens (tertiary/aromatic N) is 4. The summed E-state index contributed by atoms with van der Waals surface area (Å²) < 4.78 is 7.15. The lowest BCUT2D eigenvalue weighted by Crippen LogP contribution is -2.38. The zero-order valence-corrected chi connectivity index (χ0v) is 11.8. The highest BCUT2D eigenvalue weighted by Crippen LogP contribution is 1.99. The van der Waals surface area contributed by atoms with Gasteiger partial charge < -0.3 is 19.6 Å². The molecule has 0 unspecified atom stereocenters. The number of hydrogen-bond acceptors (Lipinski definition) is 4. The van der Waals surface area contributed by atoms with Gasteiger partial charge in [0.15, 0.2) is 11.8 Å². The summed E-state index contributed by atoms with van der Waals surface area (Å²) in [6, 6.07) is 3.86. The summed E-state index contributed by atoms with van der Waals surface area (Å²) in [6.07, 6.45) is 4.17. The smallest absolute Gasteiger partial charge is 0.191 e. The average molecular weight is 276 g/mol. The molecule has 0 aromatic carbocycles. The molecule has 0 aliphatic heterocycles. The number of aliphatic imine (C=N–C) groups is 1. The standard InChI is InChI=1S/C13H20N6O/c1-3-14-13(15-7-6-11-5-4-8-20-11)16-9-12-18-17-10-19(12)2/h4-5,8,10H,3,6-7,9H2,1-2H3,(H2,14,15,16). The first-order chi connectivity index (χ1) is 9.79. The Bertz CT molecular complexity index is 531. The van der Waals surface area contributed by atoms with E-state index in [1.807, 2.05) is 30.7 Å². The molecule has 2 aromatic rings. The van der Waals surface area contributed by atoms with Gasteiger partial charge in [-0.25, -0.2) is 4.99 Å². The summed E-state index contributed by atoms with van der Waals surface area (Å²) >= 11 is 0. The van der Waals surface area contributed by atoms with Gasteiger partial charge in [-0.15, -0.1) is 10.2 Å². The Kier molecular flexibility index (Phi) is 5.16. The molecule has 20 heavy (non-hydrogen) atoms. The molecule has 0 spiro atoms. The number of furan rings is 1. The molecule has 0 radical (unpaired) electrons. The van der Waals surface area contributed by atoms with Crippen molar-refractivity contribution >= 4 is 5.96 Å². The number of aromatic nitrogens is 3. The lowest BCUT2D eigenvalue weighted by atomic mass is 10.3. The minimum Gasteiger partial charge on any atom is -0.469 e. The van der Waals surface area contributed by atoms with E-state index >= 15 is 0 Å². The van der Waals surface area contributed by atoms with E-state index in [1.165, 1.54) is 0 Å². The Labute approximate surface area is 118 Å². The monoisotopic (exact) mass is 276 g/mol. The van der Waals surface area contributed by atoms with Crippen molar-refractivity contribution < 1.29 is 4.42 Å². The Hall–Kier alpha value is -2.31. The van der Waals surface area contributed by atoms with E-state index in [1.54, 1.807) is 12.6 Å². The maximum Gasteiger partial charge on any atom is 0.191 e. The predicted octanol–water partition coefficient (Wildman–Crippen LogP) is 0.706. The average Bonchev–Trinajstić information content (AvgIpc) is 3.08. The second-order valence-electron chi connectivity index (χ2n) is 4.31. The highest BCUT2D eigenvalue weighted by atomic mass is 16.3. The van der Waals surface area contributed by atoms with Crippen molar-refractivity contribution in [3.05, 3.63) is 36.3 Å². The predicted molar refractivity (Wildman–Crippen MR) is 76.2 cm³/mol. The van der Waals surface area contributed by atoms with Gasteiger partial charge in [0.25, 0.3) is 0 Å². The SMILES string of the molecule is CCNC(=NCc1nncn1C)NCCc1ccco1. The minimum atomic E-state index is 0.493. The number of aryl methyl sites for hydroxylation is 1. The molecular formula is C13H20N6O. The maximum absolute atomic E-state index is 5.29. The largest absolute Gasteiger partial charge is 0.469 e. The van der Waals surface area contributed by atoms with Crippen molar-refractivity contribution in [3.8, 4) is 0 Å². The first-order valence-electron chi connectivity index (χ1n) is 6.67. The molecular weight excluding hydrogens is 256 g/mol. The molecule has 0 saturated heterocycles. The number of hydrogen-bond donors (Lipinski definition) is 2. The van der Waals surface area contributed by atoms with Crippen LogP contribution in [-0.2, 0) is 20.0 Å². The van der Waals surface area contributed by atoms with Gasteiger partial charge in [-0.1, -0.05) is 0 Å². The molecule has 2 N–H and O–H groups in total. The van der Waals surface area contributed by atoms with E-state index in [2.05, 4.69) is 25.8 Å². The quantitative estimate of drug-likeness (QED) is 0.600. The summed E-state index contributed by atoms with van der Waals surface area (Å²) in [5.74, 6) is 2.55. The van der Waals surface area contributed by atoms with Gasteiger partial charge in [-0.2, -0.15) is 0 Å². The Balaban J connectivity index is 1.84. The fourth-order valence-electron chi connectivity index (χ4n) is 1.70. The van der Waals surface area contributed by atoms with Gasteiger partial charge in [0.05, 0.1) is 6.26 Å². The van der Waals surface area contributed by atoms with E-state index in [9.17, 15) is 0 Å². The van der Waals surface area contributed by atoms with Gasteiger partial charge in [-0.05, 0) is 19.1 Å². The molecule has 2 rings (SSSR count). The normalized spacial score (nSPS) is 11.6. The molecule has 2 heterocycles. The van der Waals surface area contributed by atoms with Crippen molar-refractivity contribution in [2.24, 2.45) is 12.0 Å². The third-order valence-corrected chi connectivity index (χ3v) is 2.77. The Morgan fingerprint density at radius 2 is 2.35 bits per heavy atom. The molecule has 7 nitrogen and oxygen atoms in total. The summed E-state index contributed by atoms with van der Waals surface area (Å²) in [4.78, 5) is 4.48. The van der Waals surface area contributed by atoms with Gasteiger partial charge in [0.2, 0.25) is 0 Å². The number of guanidine groups is 1. The van der Waals surface area contributed by atoms with E-state index in [0.717, 1.165) is 37.1 Å². The first-order valence-corrected chi connectivity index (χ1v) is 6.67. The van der Waals surface area contributed by atoms with E-state index < -0.39 is 0 Å². The highest BCUT2D eigenvalue weighted by molar-refractivity contribution is 5.79. The van der Waals surface area contributed by atoms with Crippen LogP contribution >= 0.6 is 0 Å². The van der Waals surface area contributed by atoms with Crippen molar-refractivity contribution in [3.63, 3.8) is 0 Å². The van der Waals surface area contributed by atoms with E-state index in [-0.39, 0.29) is 0 Å². The molecule has 0 bridgehead atoms. The zero-order chi connectivity index (χ0) is 14.2. The van der Waals surface area contributed by atoms with Gasteiger partial charge in [0, 0.05) is 26.6 Å². The van der Waals surface area contributed by atoms with Crippen LogP contribution in [0.15, 0.2) is 34.1 Å². The molecule has 0 fully saturated rings. The maximum atomic E-state index is 5.29. The van der Waals surface area contributed by atoms with Crippen molar-refractivity contribution in [1.29, 1.82) is 0 Å². The van der Waals surface area contributed by atoms with Crippen molar-refractivity contribution in [2.75, 3.05) is 13.1 Å². The van der Waals surface area contributed by atoms with E-state index in [4.69, 9.17) is 4.42 Å². The lowest BCUT2D eigenvalue weighted by Gasteiger charge is -2.10. The van der Waals surface area contributed by atoms with Gasteiger partial charge in [0.1, 0.15) is 18.6 Å². The minimum absolute atomic E-state index is 0.493. The van der Waals surface area contributed by atoms with Crippen LogP contribution in [0.5, 0.6) is 0 Å². The summed E-state index contributed by atoms with van der Waals surface area (Å²) in [5.41, 5.74) is 0. The molecule has 0 atom stereocenters. The van der Waals surface area contributed by atoms with Crippen LogP contribution in [0.4, 0.5) is 0 Å². The van der Waals surface area contributed by atoms with Crippen molar-refractivity contribution in [2.45, 2.75) is 19.9 Å². The molecule has 108 valence electrons. The second kappa shape index (κ2) is 7.32. The fraction of sp³-hybridized carbons (Fsp3) is 0.462. The zero-order valence-electron chi connectivity index (χ0n) is 11.8. The first kappa shape index (κ1) is 14.1. The molecule has 7 heteroatoms. The number of rotatable bonds is 6. The lowest BCUT2D eigenvalue weighted by molar-refractivity contribution is 0.507. The van der Waals surface area contributed by atoms with Gasteiger partial charge in [-0.3, -0.25) is 0 Å². The van der Waals surface area contributed by atoms with Crippen LogP contribution in [0.1, 0.15) is 18.5 Å². The Morgan fingerprint density at radius 3 is 3.00 bits per heavy atom. The third-order valence-electron chi connectivity index (χ3n) is 2.77. The summed E-state index contributed by atoms with van der Waals surface area (Å²) in [6.45, 7) is 4.10. The Morgan fingerprint density at radius 1 is 1.45 bits per heavy atom.